The van der Waals surface area contributed by atoms with Crippen LogP contribution in [0.4, 0.5) is 17.6 Å². The van der Waals surface area contributed by atoms with Gasteiger partial charge in [0.15, 0.2) is 11.6 Å². The summed E-state index contributed by atoms with van der Waals surface area (Å²) in [6.07, 6.45) is -0.113. The molecular weight excluding hydrogens is 382 g/mol. The number of alkyl halides is 2. The van der Waals surface area contributed by atoms with Gasteiger partial charge in [-0.1, -0.05) is 6.07 Å². The summed E-state index contributed by atoms with van der Waals surface area (Å²) >= 11 is 0. The molecule has 2 rings (SSSR count). The first-order valence-corrected chi connectivity index (χ1v) is 8.15. The van der Waals surface area contributed by atoms with Crippen molar-refractivity contribution in [2.24, 2.45) is 0 Å². The monoisotopic (exact) mass is 399 g/mol. The van der Waals surface area contributed by atoms with Gasteiger partial charge in [-0.3, -0.25) is 9.59 Å². The Balaban J connectivity index is 2.20. The van der Waals surface area contributed by atoms with Gasteiger partial charge in [-0.25, -0.2) is 8.78 Å². The minimum atomic E-state index is -2.99. The number of benzene rings is 2. The number of methoxy groups -OCH3 is 1. The van der Waals surface area contributed by atoms with E-state index in [1.807, 2.05) is 0 Å². The molecule has 0 aromatic heterocycles. The molecule has 5 nitrogen and oxygen atoms in total. The largest absolute Gasteiger partial charge is 0.469 e. The van der Waals surface area contributed by atoms with Crippen LogP contribution in [0.25, 0.3) is 0 Å². The van der Waals surface area contributed by atoms with Crippen molar-refractivity contribution in [2.45, 2.75) is 19.6 Å². The minimum absolute atomic E-state index is 0.0419. The molecule has 0 saturated heterocycles. The highest BCUT2D eigenvalue weighted by Crippen LogP contribution is 2.18. The fraction of sp³-hybridized carbons (Fsp3) is 0.263. The maximum atomic E-state index is 13.4. The van der Waals surface area contributed by atoms with Crippen molar-refractivity contribution < 1.29 is 36.6 Å². The van der Waals surface area contributed by atoms with E-state index in [0.29, 0.717) is 5.56 Å². The molecule has 28 heavy (non-hydrogen) atoms. The van der Waals surface area contributed by atoms with E-state index in [4.69, 9.17) is 0 Å². The standard InChI is InChI=1S/C19H17F4NO4/c1-27-17(25)8-9-24(11-12-2-7-15(20)16(21)10-12)18(26)13-3-5-14(6-4-13)28-19(22)23/h2-7,10,19H,8-9,11H2,1H3. The maximum absolute atomic E-state index is 13.4. The fourth-order valence-electron chi connectivity index (χ4n) is 2.40. The van der Waals surface area contributed by atoms with Gasteiger partial charge in [0.05, 0.1) is 13.5 Å². The number of halogens is 4. The third kappa shape index (κ3) is 5.97. The topological polar surface area (TPSA) is 55.8 Å². The highest BCUT2D eigenvalue weighted by atomic mass is 19.3. The first kappa shape index (κ1) is 21.2. The van der Waals surface area contributed by atoms with Crippen LogP contribution in [0, 0.1) is 11.6 Å². The number of carbonyl (C=O) groups excluding carboxylic acids is 2. The van der Waals surface area contributed by atoms with E-state index in [-0.39, 0.29) is 30.8 Å². The summed E-state index contributed by atoms with van der Waals surface area (Å²) in [6.45, 7) is -3.13. The second-order valence-corrected chi connectivity index (χ2v) is 5.70. The Bertz CT molecular complexity index is 827. The summed E-state index contributed by atoms with van der Waals surface area (Å²) in [4.78, 5) is 25.4. The average molecular weight is 399 g/mol. The van der Waals surface area contributed by atoms with Crippen LogP contribution in [0.1, 0.15) is 22.3 Å². The lowest BCUT2D eigenvalue weighted by Crippen LogP contribution is -2.32. The van der Waals surface area contributed by atoms with E-state index < -0.39 is 30.1 Å². The molecule has 1 amide bonds. The molecule has 0 unspecified atom stereocenters. The number of rotatable bonds is 8. The molecule has 0 aliphatic rings. The zero-order chi connectivity index (χ0) is 20.7. The lowest BCUT2D eigenvalue weighted by molar-refractivity contribution is -0.140. The zero-order valence-electron chi connectivity index (χ0n) is 14.8. The van der Waals surface area contributed by atoms with Crippen molar-refractivity contribution in [3.05, 3.63) is 65.2 Å². The van der Waals surface area contributed by atoms with Crippen LogP contribution in [0.3, 0.4) is 0 Å². The lowest BCUT2D eigenvalue weighted by Gasteiger charge is -2.23. The molecule has 0 radical (unpaired) electrons. The number of nitrogens with zero attached hydrogens (tertiary/aromatic N) is 1. The van der Waals surface area contributed by atoms with Crippen molar-refractivity contribution in [1.82, 2.24) is 4.90 Å². The van der Waals surface area contributed by atoms with Crippen LogP contribution in [0.5, 0.6) is 5.75 Å². The van der Waals surface area contributed by atoms with E-state index in [2.05, 4.69) is 9.47 Å². The summed E-state index contributed by atoms with van der Waals surface area (Å²) < 4.78 is 59.8. The number of ether oxygens (including phenoxy) is 2. The second-order valence-electron chi connectivity index (χ2n) is 5.70. The van der Waals surface area contributed by atoms with E-state index in [1.165, 1.54) is 42.3 Å². The van der Waals surface area contributed by atoms with Gasteiger partial charge in [0.25, 0.3) is 5.91 Å². The molecule has 2 aromatic carbocycles. The Kier molecular flexibility index (Phi) is 7.36. The van der Waals surface area contributed by atoms with Crippen LogP contribution >= 0.6 is 0 Å². The van der Waals surface area contributed by atoms with Crippen LogP contribution in [0.15, 0.2) is 42.5 Å². The van der Waals surface area contributed by atoms with Gasteiger partial charge in [0.2, 0.25) is 0 Å². The quantitative estimate of drug-likeness (QED) is 0.501. The van der Waals surface area contributed by atoms with E-state index in [9.17, 15) is 27.2 Å². The highest BCUT2D eigenvalue weighted by Gasteiger charge is 2.19. The molecule has 150 valence electrons. The smallest absolute Gasteiger partial charge is 0.387 e. The Morgan fingerprint density at radius 2 is 1.71 bits per heavy atom. The SMILES string of the molecule is COC(=O)CCN(Cc1ccc(F)c(F)c1)C(=O)c1ccc(OC(F)F)cc1. The van der Waals surface area contributed by atoms with Crippen molar-refractivity contribution in [2.75, 3.05) is 13.7 Å². The molecule has 9 heteroatoms. The van der Waals surface area contributed by atoms with Crippen molar-refractivity contribution in [1.29, 1.82) is 0 Å². The molecule has 0 fully saturated rings. The second kappa shape index (κ2) is 9.72. The number of esters is 1. The van der Waals surface area contributed by atoms with Gasteiger partial charge < -0.3 is 14.4 Å². The van der Waals surface area contributed by atoms with Crippen molar-refractivity contribution >= 4 is 11.9 Å². The van der Waals surface area contributed by atoms with Crippen LogP contribution < -0.4 is 4.74 Å². The predicted molar refractivity (Wildman–Crippen MR) is 90.8 cm³/mol. The molecule has 0 saturated carbocycles. The third-order valence-electron chi connectivity index (χ3n) is 3.78. The number of hydrogen-bond donors (Lipinski definition) is 0. The molecule has 0 N–H and O–H groups in total. The summed E-state index contributed by atoms with van der Waals surface area (Å²) in [5, 5.41) is 0. The van der Waals surface area contributed by atoms with Crippen LogP contribution in [-0.2, 0) is 16.1 Å². The molecule has 0 atom stereocenters. The molecule has 0 aliphatic carbocycles. The molecule has 0 bridgehead atoms. The first-order chi connectivity index (χ1) is 13.3. The molecular formula is C19H17F4NO4. The van der Waals surface area contributed by atoms with Gasteiger partial charge in [-0.05, 0) is 42.0 Å². The molecule has 0 heterocycles. The van der Waals surface area contributed by atoms with Gasteiger partial charge in [0.1, 0.15) is 5.75 Å². The first-order valence-electron chi connectivity index (χ1n) is 8.15. The van der Waals surface area contributed by atoms with E-state index >= 15 is 0 Å². The lowest BCUT2D eigenvalue weighted by atomic mass is 10.1. The summed E-state index contributed by atoms with van der Waals surface area (Å²) in [6, 6.07) is 8.19. The van der Waals surface area contributed by atoms with Crippen LogP contribution in [0.2, 0.25) is 0 Å². The number of hydrogen-bond acceptors (Lipinski definition) is 4. The Morgan fingerprint density at radius 1 is 1.04 bits per heavy atom. The summed E-state index contributed by atoms with van der Waals surface area (Å²) in [5.41, 5.74) is 0.462. The number of carbonyl (C=O) groups is 2. The molecule has 0 aliphatic heterocycles. The fourth-order valence-corrected chi connectivity index (χ4v) is 2.40. The molecule has 0 spiro atoms. The van der Waals surface area contributed by atoms with Gasteiger partial charge in [-0.15, -0.1) is 0 Å². The highest BCUT2D eigenvalue weighted by molar-refractivity contribution is 5.94. The maximum Gasteiger partial charge on any atom is 0.387 e. The summed E-state index contributed by atoms with van der Waals surface area (Å²) in [7, 11) is 1.20. The predicted octanol–water partition coefficient (Wildman–Crippen LogP) is 3.77. The average Bonchev–Trinajstić information content (AvgIpc) is 2.67. The van der Waals surface area contributed by atoms with Gasteiger partial charge in [0, 0.05) is 18.7 Å². The Labute approximate surface area is 158 Å². The van der Waals surface area contributed by atoms with E-state index in [1.54, 1.807) is 0 Å². The Hall–Kier alpha value is -3.10. The zero-order valence-corrected chi connectivity index (χ0v) is 14.8. The normalized spacial score (nSPS) is 10.6. The van der Waals surface area contributed by atoms with Crippen molar-refractivity contribution in [3.63, 3.8) is 0 Å². The number of amides is 1. The van der Waals surface area contributed by atoms with Gasteiger partial charge in [-0.2, -0.15) is 8.78 Å². The summed E-state index contributed by atoms with van der Waals surface area (Å²) in [5.74, 6) is -3.29. The van der Waals surface area contributed by atoms with Gasteiger partial charge >= 0.3 is 12.6 Å². The Morgan fingerprint density at radius 3 is 2.29 bits per heavy atom. The van der Waals surface area contributed by atoms with E-state index in [0.717, 1.165) is 12.1 Å². The van der Waals surface area contributed by atoms with Crippen LogP contribution in [-0.4, -0.2) is 37.0 Å². The van der Waals surface area contributed by atoms with Crippen molar-refractivity contribution in [3.8, 4) is 5.75 Å². The third-order valence-corrected chi connectivity index (χ3v) is 3.78. The minimum Gasteiger partial charge on any atom is -0.469 e. The molecule has 2 aromatic rings.